The number of amides is 2. The van der Waals surface area contributed by atoms with E-state index in [1.165, 1.54) is 5.56 Å². The molecule has 2 heterocycles. The highest BCUT2D eigenvalue weighted by molar-refractivity contribution is 5.92. The number of carbonyl (C=O) groups excluding carboxylic acids is 1. The summed E-state index contributed by atoms with van der Waals surface area (Å²) in [5, 5.41) is 5.70. The van der Waals surface area contributed by atoms with Gasteiger partial charge in [-0.15, -0.1) is 0 Å². The van der Waals surface area contributed by atoms with Crippen LogP contribution >= 0.6 is 0 Å². The number of benzene rings is 2. The van der Waals surface area contributed by atoms with Crippen molar-refractivity contribution < 1.29 is 9.53 Å². The average Bonchev–Trinajstić information content (AvgIpc) is 2.90. The number of hydrogen-bond donors (Lipinski definition) is 2. The van der Waals surface area contributed by atoms with Crippen molar-refractivity contribution in [2.24, 2.45) is 14.1 Å². The highest BCUT2D eigenvalue weighted by atomic mass is 16.5. The quantitative estimate of drug-likeness (QED) is 0.747. The van der Waals surface area contributed by atoms with Crippen LogP contribution in [-0.2, 0) is 25.3 Å². The van der Waals surface area contributed by atoms with Crippen LogP contribution in [0.3, 0.4) is 0 Å². The van der Waals surface area contributed by atoms with Crippen molar-refractivity contribution in [3.8, 4) is 0 Å². The summed E-state index contributed by atoms with van der Waals surface area (Å²) in [7, 11) is 3.44. The van der Waals surface area contributed by atoms with Crippen LogP contribution in [0.15, 0.2) is 47.3 Å². The van der Waals surface area contributed by atoms with E-state index < -0.39 is 0 Å². The molecule has 0 fully saturated rings. The summed E-state index contributed by atoms with van der Waals surface area (Å²) in [6, 6.07) is 13.3. The van der Waals surface area contributed by atoms with Gasteiger partial charge >= 0.3 is 11.7 Å². The lowest BCUT2D eigenvalue weighted by Crippen LogP contribution is -2.34. The van der Waals surface area contributed by atoms with Crippen LogP contribution in [0.1, 0.15) is 17.2 Å². The molecule has 1 atom stereocenters. The Morgan fingerprint density at radius 2 is 1.93 bits per heavy atom. The molecule has 4 rings (SSSR count). The number of aromatic nitrogens is 2. The van der Waals surface area contributed by atoms with Gasteiger partial charge < -0.3 is 15.4 Å². The third-order valence-corrected chi connectivity index (χ3v) is 5.07. The summed E-state index contributed by atoms with van der Waals surface area (Å²) in [4.78, 5) is 24.3. The van der Waals surface area contributed by atoms with Crippen LogP contribution in [-0.4, -0.2) is 28.3 Å². The molecule has 1 aliphatic rings. The Labute approximate surface area is 156 Å². The van der Waals surface area contributed by atoms with Crippen LogP contribution in [0, 0.1) is 0 Å². The number of carbonyl (C=O) groups is 1. The summed E-state index contributed by atoms with van der Waals surface area (Å²) >= 11 is 0. The van der Waals surface area contributed by atoms with Crippen LogP contribution in [0.2, 0.25) is 0 Å². The van der Waals surface area contributed by atoms with E-state index in [0.29, 0.717) is 18.8 Å². The second-order valence-electron chi connectivity index (χ2n) is 6.75. The molecular formula is C20H22N4O3. The highest BCUT2D eigenvalue weighted by Gasteiger charge is 2.21. The fourth-order valence-corrected chi connectivity index (χ4v) is 3.59. The predicted molar refractivity (Wildman–Crippen MR) is 104 cm³/mol. The maximum atomic E-state index is 12.3. The average molecular weight is 366 g/mol. The molecule has 7 heteroatoms. The molecule has 0 saturated carbocycles. The number of ether oxygens (including phenoxy) is 1. The Morgan fingerprint density at radius 3 is 2.78 bits per heavy atom. The first-order valence-electron chi connectivity index (χ1n) is 8.94. The van der Waals surface area contributed by atoms with Gasteiger partial charge in [-0.25, -0.2) is 9.59 Å². The van der Waals surface area contributed by atoms with Gasteiger partial charge in [-0.1, -0.05) is 24.3 Å². The molecule has 7 nitrogen and oxygen atoms in total. The summed E-state index contributed by atoms with van der Waals surface area (Å²) in [6.45, 7) is 1.05. The number of fused-ring (bicyclic) bond motifs is 2. The largest absolute Gasteiger partial charge is 0.371 e. The van der Waals surface area contributed by atoms with Crippen LogP contribution in [0.25, 0.3) is 11.0 Å². The number of nitrogens with zero attached hydrogens (tertiary/aromatic N) is 2. The number of aryl methyl sites for hydroxylation is 2. The van der Waals surface area contributed by atoms with E-state index in [4.69, 9.17) is 4.74 Å². The molecule has 3 aromatic rings. The molecule has 2 aromatic carbocycles. The summed E-state index contributed by atoms with van der Waals surface area (Å²) in [6.07, 6.45) is 0.757. The smallest absolute Gasteiger partial charge is 0.328 e. The maximum absolute atomic E-state index is 12.3. The molecular weight excluding hydrogens is 344 g/mol. The van der Waals surface area contributed by atoms with Crippen LogP contribution in [0.5, 0.6) is 0 Å². The number of anilines is 1. The van der Waals surface area contributed by atoms with E-state index in [0.717, 1.165) is 23.0 Å². The maximum Gasteiger partial charge on any atom is 0.328 e. The van der Waals surface area contributed by atoms with Gasteiger partial charge in [-0.2, -0.15) is 0 Å². The first-order valence-corrected chi connectivity index (χ1v) is 8.94. The molecule has 0 saturated heterocycles. The molecule has 27 heavy (non-hydrogen) atoms. The fraction of sp³-hybridized carbons (Fsp3) is 0.300. The van der Waals surface area contributed by atoms with E-state index in [-0.39, 0.29) is 17.8 Å². The molecule has 1 aromatic heterocycles. The van der Waals surface area contributed by atoms with Crippen LogP contribution in [0.4, 0.5) is 10.5 Å². The minimum Gasteiger partial charge on any atom is -0.371 e. The van der Waals surface area contributed by atoms with Crippen molar-refractivity contribution in [1.82, 2.24) is 14.5 Å². The van der Waals surface area contributed by atoms with Crippen LogP contribution < -0.4 is 16.3 Å². The molecule has 1 aliphatic heterocycles. The Morgan fingerprint density at radius 1 is 1.15 bits per heavy atom. The fourth-order valence-electron chi connectivity index (χ4n) is 3.59. The summed E-state index contributed by atoms with van der Waals surface area (Å²) in [5.41, 5.74) is 4.52. The van der Waals surface area contributed by atoms with Gasteiger partial charge in [0.2, 0.25) is 0 Å². The molecule has 140 valence electrons. The highest BCUT2D eigenvalue weighted by Crippen LogP contribution is 2.26. The van der Waals surface area contributed by atoms with Gasteiger partial charge in [0, 0.05) is 26.3 Å². The van der Waals surface area contributed by atoms with Gasteiger partial charge in [0.05, 0.1) is 17.6 Å². The zero-order valence-corrected chi connectivity index (χ0v) is 15.4. The SMILES string of the molecule is Cn1c(=O)n(C)c2cc(NC(=O)NCC3OCCc4ccccc43)ccc21. The van der Waals surface area contributed by atoms with Gasteiger partial charge in [0.1, 0.15) is 6.10 Å². The predicted octanol–water partition coefficient (Wildman–Crippen LogP) is 2.31. The Bertz CT molecular complexity index is 1070. The van der Waals surface area contributed by atoms with Crippen molar-refractivity contribution in [3.05, 3.63) is 64.1 Å². The Balaban J connectivity index is 1.44. The molecule has 2 amide bonds. The number of urea groups is 1. The normalized spacial score (nSPS) is 16.1. The first-order chi connectivity index (χ1) is 13.0. The molecule has 2 N–H and O–H groups in total. The van der Waals surface area contributed by atoms with Gasteiger partial charge in [0.15, 0.2) is 0 Å². The Hall–Kier alpha value is -3.06. The van der Waals surface area contributed by atoms with Gasteiger partial charge in [0.25, 0.3) is 0 Å². The number of hydrogen-bond acceptors (Lipinski definition) is 3. The van der Waals surface area contributed by atoms with E-state index in [9.17, 15) is 9.59 Å². The van der Waals surface area contributed by atoms with E-state index in [1.807, 2.05) is 24.3 Å². The minimum absolute atomic E-state index is 0.0975. The van der Waals surface area contributed by atoms with E-state index in [2.05, 4.69) is 16.7 Å². The lowest BCUT2D eigenvalue weighted by molar-refractivity contribution is 0.0444. The first kappa shape index (κ1) is 17.4. The number of imidazole rings is 1. The number of nitrogens with one attached hydrogen (secondary N) is 2. The van der Waals surface area contributed by atoms with E-state index >= 15 is 0 Å². The van der Waals surface area contributed by atoms with Gasteiger partial charge in [-0.3, -0.25) is 9.13 Å². The zero-order chi connectivity index (χ0) is 19.0. The van der Waals surface area contributed by atoms with Crippen molar-refractivity contribution >= 4 is 22.8 Å². The Kier molecular flexibility index (Phi) is 4.45. The third kappa shape index (κ3) is 3.21. The third-order valence-electron chi connectivity index (χ3n) is 5.07. The second-order valence-corrected chi connectivity index (χ2v) is 6.75. The molecule has 0 spiro atoms. The lowest BCUT2D eigenvalue weighted by atomic mass is 9.98. The number of rotatable bonds is 3. The van der Waals surface area contributed by atoms with Crippen molar-refractivity contribution in [2.45, 2.75) is 12.5 Å². The minimum atomic E-state index is -0.304. The van der Waals surface area contributed by atoms with E-state index in [1.54, 1.807) is 35.4 Å². The topological polar surface area (TPSA) is 77.3 Å². The summed E-state index contributed by atoms with van der Waals surface area (Å²) in [5.74, 6) is 0. The molecule has 0 bridgehead atoms. The monoisotopic (exact) mass is 366 g/mol. The van der Waals surface area contributed by atoms with Crippen molar-refractivity contribution in [3.63, 3.8) is 0 Å². The molecule has 0 radical (unpaired) electrons. The molecule has 1 unspecified atom stereocenters. The van der Waals surface area contributed by atoms with Crippen molar-refractivity contribution in [1.29, 1.82) is 0 Å². The summed E-state index contributed by atoms with van der Waals surface area (Å²) < 4.78 is 8.95. The standard InChI is InChI=1S/C20H22N4O3/c1-23-16-8-7-14(11-17(16)24(2)20(23)26)22-19(25)21-12-18-15-6-4-3-5-13(15)9-10-27-18/h3-8,11,18H,9-10,12H2,1-2H3,(H2,21,22,25). The lowest BCUT2D eigenvalue weighted by Gasteiger charge is -2.26. The second kappa shape index (κ2) is 6.92. The van der Waals surface area contributed by atoms with Crippen molar-refractivity contribution in [2.75, 3.05) is 18.5 Å². The molecule has 0 aliphatic carbocycles. The zero-order valence-electron chi connectivity index (χ0n) is 15.4. The van der Waals surface area contributed by atoms with Gasteiger partial charge in [-0.05, 0) is 35.7 Å².